The minimum Gasteiger partial charge on any atom is -0.496 e. The van der Waals surface area contributed by atoms with Gasteiger partial charge in [-0.25, -0.2) is 16.8 Å². The van der Waals surface area contributed by atoms with E-state index in [0.29, 0.717) is 11.3 Å². The highest BCUT2D eigenvalue weighted by atomic mass is 32.2. The smallest absolute Gasteiger partial charge is 0.183 e. The van der Waals surface area contributed by atoms with Crippen molar-refractivity contribution in [2.75, 3.05) is 18.6 Å². The molecule has 1 aromatic carbocycles. The second-order valence-corrected chi connectivity index (χ2v) is 11.7. The fourth-order valence-electron chi connectivity index (χ4n) is 4.05. The van der Waals surface area contributed by atoms with Crippen LogP contribution in [0.1, 0.15) is 37.7 Å². The van der Waals surface area contributed by atoms with Gasteiger partial charge in [0, 0.05) is 12.1 Å². The van der Waals surface area contributed by atoms with Gasteiger partial charge in [-0.05, 0) is 43.5 Å². The molecule has 0 spiro atoms. The third kappa shape index (κ3) is 4.07. The van der Waals surface area contributed by atoms with E-state index in [1.54, 1.807) is 19.1 Å². The molecule has 0 radical (unpaired) electrons. The van der Waals surface area contributed by atoms with Gasteiger partial charge in [-0.15, -0.1) is 0 Å². The molecule has 1 aromatic rings. The van der Waals surface area contributed by atoms with Crippen molar-refractivity contribution < 1.29 is 21.6 Å². The van der Waals surface area contributed by atoms with Crippen LogP contribution in [0.15, 0.2) is 23.1 Å². The van der Waals surface area contributed by atoms with Gasteiger partial charge in [0.15, 0.2) is 19.7 Å². The molecule has 1 saturated heterocycles. The lowest BCUT2D eigenvalue weighted by Crippen LogP contribution is -2.48. The summed E-state index contributed by atoms with van der Waals surface area (Å²) in [5, 5.41) is 2.41. The minimum atomic E-state index is -3.75. The molecule has 1 saturated carbocycles. The van der Waals surface area contributed by atoms with Gasteiger partial charge in [0.1, 0.15) is 5.75 Å². The maximum absolute atomic E-state index is 13.2. The maximum Gasteiger partial charge on any atom is 0.183 e. The van der Waals surface area contributed by atoms with Crippen molar-refractivity contribution in [3.05, 3.63) is 23.8 Å². The Hall–Kier alpha value is -1.12. The van der Waals surface area contributed by atoms with Crippen LogP contribution < -0.4 is 10.1 Å². The second kappa shape index (κ2) is 7.48. The van der Waals surface area contributed by atoms with Crippen molar-refractivity contribution in [3.63, 3.8) is 0 Å². The fraction of sp³-hybridized carbons (Fsp3) is 0.667. The zero-order chi connectivity index (χ0) is 18.9. The zero-order valence-electron chi connectivity index (χ0n) is 15.3. The first-order chi connectivity index (χ1) is 12.2. The summed E-state index contributed by atoms with van der Waals surface area (Å²) >= 11 is 0. The van der Waals surface area contributed by atoms with Crippen molar-refractivity contribution in [2.45, 2.75) is 61.3 Å². The van der Waals surface area contributed by atoms with Crippen LogP contribution in [0.3, 0.4) is 0 Å². The Balaban J connectivity index is 1.88. The quantitative estimate of drug-likeness (QED) is 0.810. The van der Waals surface area contributed by atoms with Gasteiger partial charge in [0.2, 0.25) is 0 Å². The van der Waals surface area contributed by atoms with Gasteiger partial charge in [0.05, 0.1) is 28.8 Å². The summed E-state index contributed by atoms with van der Waals surface area (Å²) in [5.41, 5.74) is 0.714. The summed E-state index contributed by atoms with van der Waals surface area (Å²) in [7, 11) is -5.60. The molecule has 0 bridgehead atoms. The Labute approximate surface area is 156 Å². The number of methoxy groups -OCH3 is 1. The highest BCUT2D eigenvalue weighted by molar-refractivity contribution is 7.96. The third-order valence-electron chi connectivity index (χ3n) is 5.45. The molecule has 0 amide bonds. The molecule has 1 aliphatic heterocycles. The van der Waals surface area contributed by atoms with Crippen molar-refractivity contribution in [1.29, 1.82) is 0 Å². The number of hydrogen-bond donors (Lipinski definition) is 1. The lowest BCUT2D eigenvalue weighted by Gasteiger charge is -2.28. The van der Waals surface area contributed by atoms with Crippen LogP contribution in [0.2, 0.25) is 0 Å². The molecule has 1 N–H and O–H groups in total. The molecule has 26 heavy (non-hydrogen) atoms. The molecule has 6 nitrogen and oxygen atoms in total. The SMILES string of the molecule is COc1ccc(S(=O)(=O)[C@H]2CS(=O)(=O)C[C@H]2NC2CCCCC2)cc1C. The van der Waals surface area contributed by atoms with E-state index >= 15 is 0 Å². The van der Waals surface area contributed by atoms with Crippen LogP contribution in [0, 0.1) is 6.92 Å². The topological polar surface area (TPSA) is 89.5 Å². The summed E-state index contributed by atoms with van der Waals surface area (Å²) < 4.78 is 56.0. The first-order valence-corrected chi connectivity index (χ1v) is 12.4. The molecule has 2 fully saturated rings. The monoisotopic (exact) mass is 401 g/mol. The van der Waals surface area contributed by atoms with Crippen LogP contribution in [-0.4, -0.2) is 52.8 Å². The van der Waals surface area contributed by atoms with E-state index in [1.807, 2.05) is 0 Å². The standard InChI is InChI=1S/C18H27NO5S2/c1-13-10-15(8-9-17(13)24-2)26(22,23)18-12-25(20,21)11-16(18)19-14-6-4-3-5-7-14/h8-10,14,16,18-19H,3-7,11-12H2,1-2H3/t16-,18+/m1/s1. The normalized spacial score (nSPS) is 26.7. The van der Waals surface area contributed by atoms with Gasteiger partial charge in [-0.2, -0.15) is 0 Å². The number of ether oxygens (including phenoxy) is 1. The average molecular weight is 402 g/mol. The first kappa shape index (κ1) is 19.6. The Morgan fingerprint density at radius 1 is 1.12 bits per heavy atom. The largest absolute Gasteiger partial charge is 0.496 e. The second-order valence-electron chi connectivity index (χ2n) is 7.40. The Morgan fingerprint density at radius 2 is 1.81 bits per heavy atom. The molecule has 1 heterocycles. The lowest BCUT2D eigenvalue weighted by molar-refractivity contribution is 0.345. The average Bonchev–Trinajstić information content (AvgIpc) is 2.90. The summed E-state index contributed by atoms with van der Waals surface area (Å²) in [6.07, 6.45) is 5.35. The highest BCUT2D eigenvalue weighted by Gasteiger charge is 2.46. The van der Waals surface area contributed by atoms with Crippen LogP contribution in [0.4, 0.5) is 0 Å². The molecule has 8 heteroatoms. The van der Waals surface area contributed by atoms with E-state index in [0.717, 1.165) is 25.7 Å². The van der Waals surface area contributed by atoms with Crippen molar-refractivity contribution in [3.8, 4) is 5.75 Å². The number of nitrogens with one attached hydrogen (secondary N) is 1. The van der Waals surface area contributed by atoms with Gasteiger partial charge in [-0.3, -0.25) is 0 Å². The molecular formula is C18H27NO5S2. The van der Waals surface area contributed by atoms with Crippen molar-refractivity contribution in [1.82, 2.24) is 5.32 Å². The summed E-state index contributed by atoms with van der Waals surface area (Å²) in [5.74, 6) is 0.188. The number of sulfone groups is 2. The van der Waals surface area contributed by atoms with E-state index in [-0.39, 0.29) is 22.4 Å². The predicted molar refractivity (Wildman–Crippen MR) is 101 cm³/mol. The van der Waals surface area contributed by atoms with Gasteiger partial charge in [0.25, 0.3) is 0 Å². The van der Waals surface area contributed by atoms with Crippen molar-refractivity contribution in [2.24, 2.45) is 0 Å². The van der Waals surface area contributed by atoms with E-state index < -0.39 is 31.0 Å². The molecule has 3 rings (SSSR count). The van der Waals surface area contributed by atoms with Gasteiger partial charge in [-0.1, -0.05) is 19.3 Å². The maximum atomic E-state index is 13.2. The van der Waals surface area contributed by atoms with Crippen LogP contribution >= 0.6 is 0 Å². The lowest BCUT2D eigenvalue weighted by atomic mass is 9.95. The zero-order valence-corrected chi connectivity index (χ0v) is 16.9. The predicted octanol–water partition coefficient (Wildman–Crippen LogP) is 1.87. The van der Waals surface area contributed by atoms with E-state index in [9.17, 15) is 16.8 Å². The molecule has 2 aliphatic rings. The molecule has 1 aliphatic carbocycles. The summed E-state index contributed by atoms with van der Waals surface area (Å²) in [4.78, 5) is 0.161. The Morgan fingerprint density at radius 3 is 2.42 bits per heavy atom. The molecule has 2 atom stereocenters. The molecule has 146 valence electrons. The first-order valence-electron chi connectivity index (χ1n) is 9.08. The summed E-state index contributed by atoms with van der Waals surface area (Å²) in [6, 6.07) is 4.35. The van der Waals surface area contributed by atoms with Crippen LogP contribution in [0.5, 0.6) is 5.75 Å². The number of hydrogen-bond acceptors (Lipinski definition) is 6. The van der Waals surface area contributed by atoms with Crippen LogP contribution in [-0.2, 0) is 19.7 Å². The molecular weight excluding hydrogens is 374 g/mol. The van der Waals surface area contributed by atoms with Crippen LogP contribution in [0.25, 0.3) is 0 Å². The third-order valence-corrected chi connectivity index (χ3v) is 9.60. The number of benzene rings is 1. The Kier molecular flexibility index (Phi) is 5.65. The van der Waals surface area contributed by atoms with E-state index in [2.05, 4.69) is 5.32 Å². The van der Waals surface area contributed by atoms with Gasteiger partial charge >= 0.3 is 0 Å². The number of rotatable bonds is 5. The molecule has 0 unspecified atom stereocenters. The van der Waals surface area contributed by atoms with E-state index in [4.69, 9.17) is 4.74 Å². The molecule has 0 aromatic heterocycles. The minimum absolute atomic E-state index is 0.109. The summed E-state index contributed by atoms with van der Waals surface area (Å²) in [6.45, 7) is 1.78. The van der Waals surface area contributed by atoms with Crippen molar-refractivity contribution >= 4 is 19.7 Å². The number of aryl methyl sites for hydroxylation is 1. The highest BCUT2D eigenvalue weighted by Crippen LogP contribution is 2.30. The fourth-order valence-corrected chi connectivity index (χ4v) is 8.81. The Bertz CT molecular complexity index is 858. The van der Waals surface area contributed by atoms with E-state index in [1.165, 1.54) is 19.6 Å². The van der Waals surface area contributed by atoms with Gasteiger partial charge < -0.3 is 10.1 Å².